The molecule has 1 heterocycles. The molecule has 0 saturated heterocycles. The molecule has 0 aliphatic heterocycles. The van der Waals surface area contributed by atoms with E-state index in [4.69, 9.17) is 16.0 Å². The van der Waals surface area contributed by atoms with Gasteiger partial charge in [-0.1, -0.05) is 12.1 Å². The molecule has 0 aliphatic rings. The largest absolute Gasteiger partial charge is 0.446 e. The van der Waals surface area contributed by atoms with E-state index in [1.54, 1.807) is 24.3 Å². The fourth-order valence-electron chi connectivity index (χ4n) is 1.41. The van der Waals surface area contributed by atoms with Gasteiger partial charge in [0, 0.05) is 11.0 Å². The lowest BCUT2D eigenvalue weighted by molar-refractivity contribution is -0.0328. The Bertz CT molecular complexity index is 592. The Labute approximate surface area is 122 Å². The molecule has 2 aromatic rings. The van der Waals surface area contributed by atoms with Crippen molar-refractivity contribution in [2.24, 2.45) is 0 Å². The average molecular weight is 320 g/mol. The maximum Gasteiger partial charge on any atom is 0.446 e. The third-order valence-electron chi connectivity index (χ3n) is 2.24. The molecular formula is C13H9ClF3NOS. The van der Waals surface area contributed by atoms with Gasteiger partial charge >= 0.3 is 5.51 Å². The number of alkyl halides is 4. The van der Waals surface area contributed by atoms with Crippen LogP contribution in [0.2, 0.25) is 0 Å². The van der Waals surface area contributed by atoms with E-state index in [-0.39, 0.29) is 22.5 Å². The fourth-order valence-corrected chi connectivity index (χ4v) is 2.07. The van der Waals surface area contributed by atoms with Crippen molar-refractivity contribution in [1.82, 2.24) is 4.98 Å². The molecule has 0 amide bonds. The van der Waals surface area contributed by atoms with E-state index < -0.39 is 5.51 Å². The summed E-state index contributed by atoms with van der Waals surface area (Å²) in [5.41, 5.74) is -2.89. The van der Waals surface area contributed by atoms with Crippen molar-refractivity contribution >= 4 is 35.5 Å². The van der Waals surface area contributed by atoms with Crippen LogP contribution in [0, 0.1) is 0 Å². The van der Waals surface area contributed by atoms with Crippen molar-refractivity contribution in [1.29, 1.82) is 0 Å². The van der Waals surface area contributed by atoms with Crippen LogP contribution in [0.25, 0.3) is 12.2 Å². The molecule has 0 fully saturated rings. The summed E-state index contributed by atoms with van der Waals surface area (Å²) < 4.78 is 41.6. The van der Waals surface area contributed by atoms with Crippen LogP contribution in [-0.4, -0.2) is 10.5 Å². The Morgan fingerprint density at radius 3 is 2.45 bits per heavy atom. The van der Waals surface area contributed by atoms with Gasteiger partial charge in [0.1, 0.15) is 6.26 Å². The number of rotatable bonds is 4. The quantitative estimate of drug-likeness (QED) is 0.572. The molecule has 20 heavy (non-hydrogen) atoms. The van der Waals surface area contributed by atoms with Gasteiger partial charge in [-0.05, 0) is 35.5 Å². The molecule has 2 rings (SSSR count). The highest BCUT2D eigenvalue weighted by Crippen LogP contribution is 2.36. The molecular weight excluding hydrogens is 311 g/mol. The summed E-state index contributed by atoms with van der Waals surface area (Å²) >= 11 is 5.45. The summed E-state index contributed by atoms with van der Waals surface area (Å²) in [6, 6.07) is 6.02. The number of hydrogen-bond acceptors (Lipinski definition) is 3. The molecule has 0 unspecified atom stereocenters. The third kappa shape index (κ3) is 4.61. The first kappa shape index (κ1) is 15.0. The Hall–Kier alpha value is -1.40. The van der Waals surface area contributed by atoms with Crippen molar-refractivity contribution in [3.63, 3.8) is 0 Å². The lowest BCUT2D eigenvalue weighted by Crippen LogP contribution is -1.98. The molecule has 0 saturated carbocycles. The van der Waals surface area contributed by atoms with Gasteiger partial charge < -0.3 is 4.42 Å². The molecule has 0 bridgehead atoms. The topological polar surface area (TPSA) is 26.0 Å². The van der Waals surface area contributed by atoms with Gasteiger partial charge in [0.15, 0.2) is 0 Å². The van der Waals surface area contributed by atoms with E-state index in [0.717, 1.165) is 5.56 Å². The van der Waals surface area contributed by atoms with Crippen LogP contribution in [0.1, 0.15) is 17.1 Å². The first-order chi connectivity index (χ1) is 9.46. The predicted molar refractivity (Wildman–Crippen MR) is 73.3 cm³/mol. The second kappa shape index (κ2) is 6.37. The summed E-state index contributed by atoms with van der Waals surface area (Å²) in [6.45, 7) is 0. The van der Waals surface area contributed by atoms with Crippen molar-refractivity contribution in [2.45, 2.75) is 16.3 Å². The molecule has 0 atom stereocenters. The maximum atomic E-state index is 12.2. The molecule has 7 heteroatoms. The molecule has 1 aromatic carbocycles. The minimum absolute atomic E-state index is 0.139. The number of hydrogen-bond donors (Lipinski definition) is 0. The van der Waals surface area contributed by atoms with Gasteiger partial charge in [-0.15, -0.1) is 11.6 Å². The van der Waals surface area contributed by atoms with Gasteiger partial charge in [-0.3, -0.25) is 0 Å². The number of oxazole rings is 1. The number of benzene rings is 1. The van der Waals surface area contributed by atoms with Gasteiger partial charge in [-0.25, -0.2) is 4.98 Å². The highest BCUT2D eigenvalue weighted by molar-refractivity contribution is 8.00. The second-order valence-corrected chi connectivity index (χ2v) is 5.17. The van der Waals surface area contributed by atoms with E-state index in [1.807, 2.05) is 0 Å². The minimum atomic E-state index is -4.27. The number of nitrogens with zero attached hydrogens (tertiary/aromatic N) is 1. The van der Waals surface area contributed by atoms with Gasteiger partial charge in [0.25, 0.3) is 0 Å². The van der Waals surface area contributed by atoms with Crippen LogP contribution in [0.3, 0.4) is 0 Å². The zero-order valence-corrected chi connectivity index (χ0v) is 11.6. The summed E-state index contributed by atoms with van der Waals surface area (Å²) in [4.78, 5) is 4.22. The average Bonchev–Trinajstić information content (AvgIpc) is 2.84. The molecule has 0 N–H and O–H groups in total. The number of halogens is 4. The number of aromatic nitrogens is 1. The summed E-state index contributed by atoms with van der Waals surface area (Å²) in [7, 11) is 0. The predicted octanol–water partition coefficient (Wildman–Crippen LogP) is 5.20. The first-order valence-corrected chi connectivity index (χ1v) is 6.85. The zero-order valence-electron chi connectivity index (χ0n) is 10.0. The molecule has 0 spiro atoms. The monoisotopic (exact) mass is 319 g/mol. The van der Waals surface area contributed by atoms with Crippen molar-refractivity contribution in [3.05, 3.63) is 47.7 Å². The Balaban J connectivity index is 2.03. The molecule has 106 valence electrons. The minimum Gasteiger partial charge on any atom is -0.445 e. The smallest absolute Gasteiger partial charge is 0.445 e. The SMILES string of the molecule is FC(F)(F)Sc1ccc(/C=C/c2nc(CCl)co2)cc1. The van der Waals surface area contributed by atoms with E-state index in [0.29, 0.717) is 11.6 Å². The van der Waals surface area contributed by atoms with Crippen LogP contribution >= 0.6 is 23.4 Å². The van der Waals surface area contributed by atoms with Crippen molar-refractivity contribution in [2.75, 3.05) is 0 Å². The van der Waals surface area contributed by atoms with E-state index in [1.165, 1.54) is 18.4 Å². The summed E-state index contributed by atoms with van der Waals surface area (Å²) in [5, 5.41) is 0. The normalized spacial score (nSPS) is 12.2. The van der Waals surface area contributed by atoms with Crippen LogP contribution in [-0.2, 0) is 5.88 Å². The molecule has 0 radical (unpaired) electrons. The lowest BCUT2D eigenvalue weighted by atomic mass is 10.2. The van der Waals surface area contributed by atoms with Crippen LogP contribution in [0.4, 0.5) is 13.2 Å². The van der Waals surface area contributed by atoms with Gasteiger partial charge in [0.2, 0.25) is 5.89 Å². The van der Waals surface area contributed by atoms with Crippen LogP contribution in [0.5, 0.6) is 0 Å². The summed E-state index contributed by atoms with van der Waals surface area (Å²) in [6.07, 6.45) is 4.78. The third-order valence-corrected chi connectivity index (χ3v) is 3.25. The molecule has 0 aliphatic carbocycles. The highest BCUT2D eigenvalue weighted by atomic mass is 35.5. The highest BCUT2D eigenvalue weighted by Gasteiger charge is 2.28. The fraction of sp³-hybridized carbons (Fsp3) is 0.154. The van der Waals surface area contributed by atoms with Crippen LogP contribution < -0.4 is 0 Å². The summed E-state index contributed by atoms with van der Waals surface area (Å²) in [5.74, 6) is 0.662. The van der Waals surface area contributed by atoms with Crippen molar-refractivity contribution in [3.8, 4) is 0 Å². The Kier molecular flexibility index (Phi) is 4.77. The van der Waals surface area contributed by atoms with E-state index in [2.05, 4.69) is 4.98 Å². The molecule has 2 nitrogen and oxygen atoms in total. The standard InChI is InChI=1S/C13H9ClF3NOS/c14-7-10-8-19-12(18-10)6-3-9-1-4-11(5-2-9)20-13(15,16)17/h1-6,8H,7H2/b6-3+. The maximum absolute atomic E-state index is 12.2. The zero-order chi connectivity index (χ0) is 14.6. The van der Waals surface area contributed by atoms with E-state index in [9.17, 15) is 13.2 Å². The number of thioether (sulfide) groups is 1. The molecule has 1 aromatic heterocycles. The van der Waals surface area contributed by atoms with Gasteiger partial charge in [-0.2, -0.15) is 13.2 Å². The van der Waals surface area contributed by atoms with Crippen molar-refractivity contribution < 1.29 is 17.6 Å². The van der Waals surface area contributed by atoms with Crippen LogP contribution in [0.15, 0.2) is 39.8 Å². The lowest BCUT2D eigenvalue weighted by Gasteiger charge is -2.05. The van der Waals surface area contributed by atoms with Gasteiger partial charge in [0.05, 0.1) is 11.6 Å². The Morgan fingerprint density at radius 1 is 1.20 bits per heavy atom. The Morgan fingerprint density at radius 2 is 1.90 bits per heavy atom. The second-order valence-electron chi connectivity index (χ2n) is 3.76. The van der Waals surface area contributed by atoms with E-state index >= 15 is 0 Å². The first-order valence-electron chi connectivity index (χ1n) is 5.50.